The number of morpholine rings is 1. The van der Waals surface area contributed by atoms with Crippen molar-refractivity contribution in [1.29, 1.82) is 0 Å². The van der Waals surface area contributed by atoms with E-state index >= 15 is 14.4 Å². The van der Waals surface area contributed by atoms with Crippen LogP contribution in [-0.2, 0) is 97.9 Å². The predicted molar refractivity (Wildman–Crippen MR) is 434 cm³/mol. The van der Waals surface area contributed by atoms with Crippen molar-refractivity contribution >= 4 is 93.2 Å². The number of anilines is 1. The molecule has 9 rings (SSSR count). The fourth-order valence-corrected chi connectivity index (χ4v) is 13.9. The fourth-order valence-electron chi connectivity index (χ4n) is 13.8. The summed E-state index contributed by atoms with van der Waals surface area (Å²) >= 11 is 6.28. The van der Waals surface area contributed by atoms with E-state index in [0.29, 0.717) is 90.6 Å². The number of likely N-dealkylation sites (tertiary alicyclic amines) is 1. The SMILES string of the molecule is CC(C)C[C@H](NC(=O)[C@@H](Cc1ccc(N)cc1)NC(=O)[C@H](Cc1ccc(CN2CCOCC2)cc1)NC(=O)[C@H](CO)NC(=O)[C@@H](Cc1ccccc1)NC(=O)[C@@H](Cc1ccc(Cl)cc1)NC(=O)[C@@H](Cc1ccc2ccccc2c1)NC(N)=O)C(=O)N[C@@H](CCCCNCc1ccccc1)C(=O)N1CCC[C@H]1C(=O)N[C@H](C)C(N)=O. The number of amides is 12. The van der Waals surface area contributed by atoms with E-state index in [1.165, 1.54) is 11.8 Å². The lowest BCUT2D eigenvalue weighted by Crippen LogP contribution is -2.62. The van der Waals surface area contributed by atoms with Crippen LogP contribution in [0.2, 0.25) is 5.02 Å². The number of halogens is 1. The summed E-state index contributed by atoms with van der Waals surface area (Å²) < 4.78 is 5.56. The number of fused-ring (bicyclic) bond motifs is 1. The van der Waals surface area contributed by atoms with Gasteiger partial charge in [-0.05, 0) is 132 Å². The molecule has 2 aliphatic heterocycles. The number of benzene rings is 7. The first kappa shape index (κ1) is 86.7. The standard InChI is InChI=1S/C85H106ClN15O13/c1-53(2)43-67(76(104)92-66(21-12-13-37-90-50-59-17-8-5-9-18-59)84(112)101-38-14-22-74(101)83(111)91-54(3)75(88)103)93-77(105)70(48-58-30-35-65(87)36-31-58)95-79(107)71(46-56-23-25-60(26-24-56)51-100-39-41-114-42-40-100)97-82(110)73(52-102)98-80(108)68(45-55-15-6-4-7-16-55)94-78(106)69(47-57-28-33-64(86)34-29-57)96-81(109)72(99-85(89)113)49-61-27-32-62-19-10-11-20-63(62)44-61/h4-11,15-20,23-36,44,53-54,66-74,90,102H,12-14,21-22,37-43,45-52,87H2,1-3H3,(H2,88,103)(H,91,111)(H,92,104)(H,93,105)(H,94,106)(H,95,107)(H,96,109)(H,97,110)(H,98,108)(H3,89,99,113)/t54-,66+,67+,68-,69-,70-,71+,72-,73+,74+/m1/s1. The summed E-state index contributed by atoms with van der Waals surface area (Å²) in [6, 6.07) is 37.5. The van der Waals surface area contributed by atoms with Crippen molar-refractivity contribution in [3.63, 3.8) is 0 Å². The maximum atomic E-state index is 15.4. The van der Waals surface area contributed by atoms with E-state index in [1.54, 1.807) is 91.0 Å². The number of primary amides is 2. The van der Waals surface area contributed by atoms with Crippen molar-refractivity contribution in [3.05, 3.63) is 220 Å². The highest BCUT2D eigenvalue weighted by Crippen LogP contribution is 2.23. The molecule has 10 atom stereocenters. The molecule has 0 aliphatic carbocycles. The molecule has 7 aromatic rings. The molecular formula is C85H106ClN15O13. The molecule has 17 N–H and O–H groups in total. The van der Waals surface area contributed by atoms with Crippen LogP contribution < -0.4 is 70.4 Å². The van der Waals surface area contributed by atoms with Gasteiger partial charge in [0, 0.05) is 75.5 Å². The van der Waals surface area contributed by atoms with Gasteiger partial charge in [-0.2, -0.15) is 0 Å². The third-order valence-electron chi connectivity index (χ3n) is 20.1. The lowest BCUT2D eigenvalue weighted by Gasteiger charge is -2.31. The summed E-state index contributed by atoms with van der Waals surface area (Å²) in [6.07, 6.45) is 1.28. The van der Waals surface area contributed by atoms with Crippen molar-refractivity contribution < 1.29 is 62.6 Å². The molecule has 0 spiro atoms. The highest BCUT2D eigenvalue weighted by Gasteiger charge is 2.41. The second kappa shape index (κ2) is 43.7. The Hall–Kier alpha value is -11.3. The summed E-state index contributed by atoms with van der Waals surface area (Å²) in [5, 5.41) is 41.5. The number of nitrogens with zero attached hydrogens (tertiary/aromatic N) is 2. The van der Waals surface area contributed by atoms with Gasteiger partial charge in [0.05, 0.1) is 19.8 Å². The quantitative estimate of drug-likeness (QED) is 0.0191. The van der Waals surface area contributed by atoms with Crippen molar-refractivity contribution in [2.24, 2.45) is 17.4 Å². The number of unbranched alkanes of at least 4 members (excludes halogenated alkanes) is 1. The maximum Gasteiger partial charge on any atom is 0.312 e. The van der Waals surface area contributed by atoms with Gasteiger partial charge in [0.2, 0.25) is 59.1 Å². The molecule has 29 heteroatoms. The minimum atomic E-state index is -1.80. The van der Waals surface area contributed by atoms with Gasteiger partial charge in [-0.3, -0.25) is 52.8 Å². The molecule has 606 valence electrons. The molecule has 2 aliphatic rings. The van der Waals surface area contributed by atoms with Crippen LogP contribution >= 0.6 is 11.6 Å². The Morgan fingerprint density at radius 2 is 0.912 bits per heavy atom. The normalized spacial score (nSPS) is 15.9. The van der Waals surface area contributed by atoms with Crippen molar-refractivity contribution in [3.8, 4) is 0 Å². The van der Waals surface area contributed by atoms with Crippen LogP contribution in [0.4, 0.5) is 10.5 Å². The lowest BCUT2D eigenvalue weighted by molar-refractivity contribution is -0.142. The minimum Gasteiger partial charge on any atom is -0.399 e. The van der Waals surface area contributed by atoms with Crippen molar-refractivity contribution in [2.45, 2.75) is 165 Å². The van der Waals surface area contributed by atoms with Crippen LogP contribution in [0.25, 0.3) is 10.8 Å². The Morgan fingerprint density at radius 1 is 0.474 bits per heavy atom. The zero-order valence-electron chi connectivity index (χ0n) is 64.6. The number of hydrogen-bond donors (Lipinski definition) is 14. The van der Waals surface area contributed by atoms with Crippen LogP contribution in [0, 0.1) is 5.92 Å². The van der Waals surface area contributed by atoms with Crippen molar-refractivity contribution in [1.82, 2.24) is 63.0 Å². The monoisotopic (exact) mass is 1580 g/mol. The van der Waals surface area contributed by atoms with Crippen LogP contribution in [0.15, 0.2) is 176 Å². The molecular weight excluding hydrogens is 1470 g/mol. The molecule has 0 aromatic heterocycles. The van der Waals surface area contributed by atoms with E-state index < -0.39 is 132 Å². The van der Waals surface area contributed by atoms with Crippen LogP contribution in [-0.4, -0.2) is 186 Å². The molecule has 0 saturated carbocycles. The number of nitrogens with one attached hydrogen (secondary N) is 10. The minimum absolute atomic E-state index is 0.0295. The van der Waals surface area contributed by atoms with Gasteiger partial charge in [0.25, 0.3) is 0 Å². The lowest BCUT2D eigenvalue weighted by atomic mass is 9.99. The third-order valence-corrected chi connectivity index (χ3v) is 20.4. The number of nitrogens with two attached hydrogens (primary N) is 3. The van der Waals surface area contributed by atoms with Gasteiger partial charge in [-0.15, -0.1) is 0 Å². The van der Waals surface area contributed by atoms with Gasteiger partial charge < -0.3 is 85.1 Å². The Morgan fingerprint density at radius 3 is 1.45 bits per heavy atom. The van der Waals surface area contributed by atoms with Crippen LogP contribution in [0.3, 0.4) is 0 Å². The first-order valence-electron chi connectivity index (χ1n) is 38.8. The Bertz CT molecular complexity index is 4390. The van der Waals surface area contributed by atoms with Gasteiger partial charge in [-0.1, -0.05) is 177 Å². The molecule has 28 nitrogen and oxygen atoms in total. The molecule has 7 aromatic carbocycles. The highest BCUT2D eigenvalue weighted by molar-refractivity contribution is 6.30. The molecule has 2 heterocycles. The predicted octanol–water partition coefficient (Wildman–Crippen LogP) is 3.83. The number of nitrogen functional groups attached to an aromatic ring is 1. The van der Waals surface area contributed by atoms with E-state index in [-0.39, 0.29) is 63.8 Å². The molecule has 114 heavy (non-hydrogen) atoms. The van der Waals surface area contributed by atoms with Crippen LogP contribution in [0.5, 0.6) is 0 Å². The van der Waals surface area contributed by atoms with Gasteiger partial charge in [-0.25, -0.2) is 4.79 Å². The number of carbonyl (C=O) groups excluding carboxylic acids is 11. The zero-order chi connectivity index (χ0) is 81.6. The number of rotatable bonds is 41. The number of ether oxygens (including phenoxy) is 1. The maximum absolute atomic E-state index is 15.4. The van der Waals surface area contributed by atoms with E-state index in [2.05, 4.69) is 58.1 Å². The number of carbonyl (C=O) groups is 11. The second-order valence-electron chi connectivity index (χ2n) is 29.5. The van der Waals surface area contributed by atoms with E-state index in [9.17, 15) is 43.5 Å². The summed E-state index contributed by atoms with van der Waals surface area (Å²) in [7, 11) is 0. The summed E-state index contributed by atoms with van der Waals surface area (Å²) in [6.45, 7) is 8.66. The molecule has 0 radical (unpaired) electrons. The largest absolute Gasteiger partial charge is 0.399 e. The number of hydrogen-bond acceptors (Lipinski definition) is 16. The molecule has 0 unspecified atom stereocenters. The van der Waals surface area contributed by atoms with E-state index in [0.717, 1.165) is 35.0 Å². The first-order chi connectivity index (χ1) is 54.8. The van der Waals surface area contributed by atoms with E-state index in [1.807, 2.05) is 98.8 Å². The molecule has 12 amide bonds. The fraction of sp³-hybridized carbons (Fsp3) is 0.400. The molecule has 2 fully saturated rings. The Labute approximate surface area is 669 Å². The number of aliphatic hydroxyl groups is 1. The summed E-state index contributed by atoms with van der Waals surface area (Å²) in [4.78, 5) is 162. The number of aliphatic hydroxyl groups excluding tert-OH is 1. The topological polar surface area (TPSA) is 422 Å². The van der Waals surface area contributed by atoms with Gasteiger partial charge in [0.15, 0.2) is 0 Å². The Balaban J connectivity index is 0.969. The zero-order valence-corrected chi connectivity index (χ0v) is 65.3. The van der Waals surface area contributed by atoms with Gasteiger partial charge in [0.1, 0.15) is 60.4 Å². The molecule has 2 saturated heterocycles. The summed E-state index contributed by atoms with van der Waals surface area (Å²) in [5.41, 5.74) is 22.6. The van der Waals surface area contributed by atoms with Crippen molar-refractivity contribution in [2.75, 3.05) is 51.7 Å². The molecule has 0 bridgehead atoms. The smallest absolute Gasteiger partial charge is 0.312 e. The third kappa shape index (κ3) is 27.2. The summed E-state index contributed by atoms with van der Waals surface area (Å²) in [5.74, 6) is -8.18. The average Bonchev–Trinajstić information content (AvgIpc) is 1.24. The first-order valence-corrected chi connectivity index (χ1v) is 39.2. The Kier molecular flexibility index (Phi) is 33.2. The number of urea groups is 1. The van der Waals surface area contributed by atoms with Crippen LogP contribution in [0.1, 0.15) is 98.2 Å². The highest BCUT2D eigenvalue weighted by atomic mass is 35.5. The average molecular weight is 1580 g/mol. The van der Waals surface area contributed by atoms with Gasteiger partial charge >= 0.3 is 6.03 Å². The van der Waals surface area contributed by atoms with E-state index in [4.69, 9.17) is 33.5 Å². The second-order valence-corrected chi connectivity index (χ2v) is 30.0.